The minimum absolute atomic E-state index is 0.226. The number of methoxy groups -OCH3 is 1. The van der Waals surface area contributed by atoms with Crippen molar-refractivity contribution in [3.63, 3.8) is 0 Å². The number of para-hydroxylation sites is 1. The molecule has 6 heteroatoms. The Morgan fingerprint density at radius 3 is 2.85 bits per heavy atom. The third-order valence-corrected chi connectivity index (χ3v) is 6.82. The maximum atomic E-state index is 6.69. The average Bonchev–Trinajstić information content (AvgIpc) is 3.34. The first kappa shape index (κ1) is 16.1. The molecule has 0 unspecified atom stereocenters. The summed E-state index contributed by atoms with van der Waals surface area (Å²) in [6, 6.07) is 10.7. The number of nitrogens with one attached hydrogen (secondary N) is 1. The van der Waals surface area contributed by atoms with E-state index in [0.717, 1.165) is 43.9 Å². The van der Waals surface area contributed by atoms with E-state index in [9.17, 15) is 0 Å². The van der Waals surface area contributed by atoms with Crippen molar-refractivity contribution >= 4 is 17.0 Å². The van der Waals surface area contributed by atoms with Crippen molar-refractivity contribution in [2.45, 2.75) is 31.0 Å². The fourth-order valence-corrected chi connectivity index (χ4v) is 5.14. The molecule has 1 aromatic carbocycles. The number of rotatable bonds is 2. The van der Waals surface area contributed by atoms with Gasteiger partial charge in [0.2, 0.25) is 5.72 Å². The Bertz CT molecular complexity index is 841. The third kappa shape index (κ3) is 2.36. The number of thiophene rings is 1. The smallest absolute Gasteiger partial charge is 0.209 e. The molecule has 2 aromatic rings. The van der Waals surface area contributed by atoms with E-state index in [2.05, 4.69) is 41.7 Å². The summed E-state index contributed by atoms with van der Waals surface area (Å²) in [5, 5.41) is 9.49. The summed E-state index contributed by atoms with van der Waals surface area (Å²) >= 11 is 1.76. The molecule has 1 N–H and O–H groups in total. The lowest BCUT2D eigenvalue weighted by Crippen LogP contribution is -3.11. The fraction of sp³-hybridized carbons (Fsp3) is 0.450. The van der Waals surface area contributed by atoms with E-state index in [1.165, 1.54) is 16.2 Å². The topological polar surface area (TPSA) is 38.5 Å². The maximum absolute atomic E-state index is 6.69. The highest BCUT2D eigenvalue weighted by atomic mass is 32.1. The molecule has 1 fully saturated rings. The number of nitrogens with zero attached hydrogens (tertiary/aromatic N) is 2. The second-order valence-corrected chi connectivity index (χ2v) is 8.42. The summed E-state index contributed by atoms with van der Waals surface area (Å²) < 4.78 is 12.3. The summed E-state index contributed by atoms with van der Waals surface area (Å²) in [7, 11) is 3.98. The van der Waals surface area contributed by atoms with Crippen LogP contribution < -0.4 is 14.4 Å². The van der Waals surface area contributed by atoms with Gasteiger partial charge in [-0.25, -0.2) is 5.01 Å². The van der Waals surface area contributed by atoms with Crippen LogP contribution in [0, 0.1) is 0 Å². The van der Waals surface area contributed by atoms with Gasteiger partial charge < -0.3 is 14.4 Å². The van der Waals surface area contributed by atoms with Crippen molar-refractivity contribution in [1.82, 2.24) is 5.01 Å². The molecule has 1 atom stereocenters. The quantitative estimate of drug-likeness (QED) is 0.882. The molecular formula is C20H24N3O2S+. The molecule has 1 saturated heterocycles. The van der Waals surface area contributed by atoms with Gasteiger partial charge in [-0.1, -0.05) is 18.2 Å². The molecule has 3 aliphatic heterocycles. The van der Waals surface area contributed by atoms with E-state index < -0.39 is 0 Å². The second kappa shape index (κ2) is 5.99. The lowest BCUT2D eigenvalue weighted by Gasteiger charge is -2.49. The van der Waals surface area contributed by atoms with Crippen LogP contribution in [0.4, 0.5) is 0 Å². The molecule has 136 valence electrons. The van der Waals surface area contributed by atoms with Crippen LogP contribution in [0.5, 0.6) is 11.5 Å². The molecule has 5 rings (SSSR count). The zero-order valence-electron chi connectivity index (χ0n) is 15.2. The number of hydrogen-bond donors (Lipinski definition) is 1. The number of quaternary nitrogens is 1. The van der Waals surface area contributed by atoms with Crippen LogP contribution in [0.3, 0.4) is 0 Å². The first-order valence-corrected chi connectivity index (χ1v) is 10.2. The van der Waals surface area contributed by atoms with Gasteiger partial charge in [-0.15, -0.1) is 11.3 Å². The summed E-state index contributed by atoms with van der Waals surface area (Å²) in [6.45, 7) is 2.19. The fourth-order valence-electron chi connectivity index (χ4n) is 4.42. The lowest BCUT2D eigenvalue weighted by atomic mass is 9.91. The van der Waals surface area contributed by atoms with E-state index in [-0.39, 0.29) is 11.8 Å². The van der Waals surface area contributed by atoms with Crippen molar-refractivity contribution in [3.8, 4) is 11.5 Å². The Morgan fingerprint density at radius 2 is 2.12 bits per heavy atom. The van der Waals surface area contributed by atoms with Gasteiger partial charge in [0.15, 0.2) is 11.5 Å². The molecule has 0 saturated carbocycles. The first-order valence-electron chi connectivity index (χ1n) is 9.28. The van der Waals surface area contributed by atoms with Crippen molar-refractivity contribution < 1.29 is 14.4 Å². The molecule has 26 heavy (non-hydrogen) atoms. The summed E-state index contributed by atoms with van der Waals surface area (Å²) in [4.78, 5) is 2.82. The normalized spacial score (nSPS) is 29.8. The maximum Gasteiger partial charge on any atom is 0.209 e. The molecule has 1 aromatic heterocycles. The van der Waals surface area contributed by atoms with Gasteiger partial charge in [-0.3, -0.25) is 0 Å². The van der Waals surface area contributed by atoms with Crippen LogP contribution in [0.25, 0.3) is 0 Å². The average molecular weight is 370 g/mol. The Hall–Kier alpha value is -2.05. The summed E-state index contributed by atoms with van der Waals surface area (Å²) in [5.41, 5.74) is 2.01. The largest absolute Gasteiger partial charge is 0.493 e. The van der Waals surface area contributed by atoms with Gasteiger partial charge in [-0.2, -0.15) is 5.10 Å². The summed E-state index contributed by atoms with van der Waals surface area (Å²) in [6.07, 6.45) is 2.89. The molecule has 0 aliphatic carbocycles. The van der Waals surface area contributed by atoms with Crippen LogP contribution in [0.1, 0.15) is 35.7 Å². The number of fused-ring (bicyclic) bond motifs is 4. The van der Waals surface area contributed by atoms with Gasteiger partial charge in [0, 0.05) is 12.0 Å². The predicted octanol–water partition coefficient (Wildman–Crippen LogP) is 2.30. The van der Waals surface area contributed by atoms with Gasteiger partial charge in [-0.05, 0) is 17.5 Å². The number of piperidine rings is 1. The number of hydrogen-bond acceptors (Lipinski definition) is 5. The molecular weight excluding hydrogens is 346 g/mol. The highest BCUT2D eigenvalue weighted by Gasteiger charge is 2.53. The van der Waals surface area contributed by atoms with Crippen LogP contribution in [0.15, 0.2) is 40.8 Å². The van der Waals surface area contributed by atoms with Crippen molar-refractivity contribution in [2.24, 2.45) is 5.10 Å². The Balaban J connectivity index is 1.62. The van der Waals surface area contributed by atoms with Crippen LogP contribution in [-0.2, 0) is 0 Å². The monoisotopic (exact) mass is 370 g/mol. The molecule has 1 spiro atoms. The second-order valence-electron chi connectivity index (χ2n) is 7.47. The third-order valence-electron chi connectivity index (χ3n) is 5.90. The van der Waals surface area contributed by atoms with Crippen molar-refractivity contribution in [2.75, 3.05) is 27.2 Å². The Labute approximate surface area is 157 Å². The minimum atomic E-state index is -0.356. The number of hydrazone groups is 1. The highest BCUT2D eigenvalue weighted by Crippen LogP contribution is 2.52. The van der Waals surface area contributed by atoms with E-state index in [4.69, 9.17) is 14.6 Å². The molecule has 5 nitrogen and oxygen atoms in total. The molecule has 0 amide bonds. The van der Waals surface area contributed by atoms with Crippen LogP contribution in [-0.4, -0.2) is 43.7 Å². The van der Waals surface area contributed by atoms with Crippen LogP contribution in [0.2, 0.25) is 0 Å². The van der Waals surface area contributed by atoms with Crippen molar-refractivity contribution in [1.29, 1.82) is 0 Å². The standard InChI is InChI=1S/C20H23N3O2S/c1-22-10-8-20(9-11-22)23-16(13-15(21-23)18-7-4-12-26-18)14-5-3-6-17(24-2)19(14)25-20/h3-7,12,16H,8-11,13H2,1-2H3/p+1/t16-/m0/s1. The SMILES string of the molecule is COc1cccc2c1OC1(CC[NH+](C)CC1)N1N=C(c3cccs3)C[C@@H]21. The van der Waals surface area contributed by atoms with Gasteiger partial charge in [0.05, 0.1) is 56.7 Å². The highest BCUT2D eigenvalue weighted by molar-refractivity contribution is 7.12. The van der Waals surface area contributed by atoms with E-state index in [1.807, 2.05) is 6.07 Å². The van der Waals surface area contributed by atoms with Crippen LogP contribution >= 0.6 is 11.3 Å². The van der Waals surface area contributed by atoms with E-state index in [1.54, 1.807) is 23.3 Å². The number of benzene rings is 1. The van der Waals surface area contributed by atoms with E-state index in [0.29, 0.717) is 0 Å². The number of ether oxygens (including phenoxy) is 2. The number of likely N-dealkylation sites (tertiary alicyclic amines) is 1. The van der Waals surface area contributed by atoms with E-state index >= 15 is 0 Å². The van der Waals surface area contributed by atoms with Gasteiger partial charge in [0.1, 0.15) is 0 Å². The van der Waals surface area contributed by atoms with Gasteiger partial charge in [0.25, 0.3) is 0 Å². The predicted molar refractivity (Wildman–Crippen MR) is 102 cm³/mol. The van der Waals surface area contributed by atoms with Crippen molar-refractivity contribution in [3.05, 3.63) is 46.2 Å². The van der Waals surface area contributed by atoms with Gasteiger partial charge >= 0.3 is 0 Å². The first-order chi connectivity index (χ1) is 12.7. The zero-order valence-corrected chi connectivity index (χ0v) is 16.0. The molecule has 4 heterocycles. The minimum Gasteiger partial charge on any atom is -0.493 e. The Kier molecular flexibility index (Phi) is 3.72. The lowest BCUT2D eigenvalue weighted by molar-refractivity contribution is -0.888. The summed E-state index contributed by atoms with van der Waals surface area (Å²) in [5.74, 6) is 1.75. The molecule has 0 bridgehead atoms. The molecule has 0 radical (unpaired) electrons. The molecule has 3 aliphatic rings. The Morgan fingerprint density at radius 1 is 1.27 bits per heavy atom. The zero-order chi connectivity index (χ0) is 17.7.